The van der Waals surface area contributed by atoms with E-state index < -0.39 is 0 Å². The second-order valence-electron chi connectivity index (χ2n) is 7.44. The van der Waals surface area contributed by atoms with Crippen LogP contribution in [0.1, 0.15) is 35.2 Å². The van der Waals surface area contributed by atoms with E-state index in [1.54, 1.807) is 0 Å². The van der Waals surface area contributed by atoms with Crippen molar-refractivity contribution in [3.63, 3.8) is 0 Å². The fourth-order valence-corrected chi connectivity index (χ4v) is 4.65. The number of nitrogens with zero attached hydrogens (tertiary/aromatic N) is 1. The number of hydrogen-bond donors (Lipinski definition) is 1. The molecule has 0 saturated carbocycles. The van der Waals surface area contributed by atoms with Crippen LogP contribution in [0.25, 0.3) is 34.1 Å². The number of aromatic amines is 1. The highest BCUT2D eigenvalue weighted by atomic mass is 15.0. The Kier molecular flexibility index (Phi) is 3.78. The van der Waals surface area contributed by atoms with Crippen molar-refractivity contribution in [2.45, 2.75) is 32.6 Å². The SMILES string of the molecule is C=Cc1c(-c2[nH]c3c(c2C)CCCC3)n(-c2ccccc2)c2ccccc12. The van der Waals surface area contributed by atoms with Crippen molar-refractivity contribution in [3.05, 3.63) is 83.6 Å². The van der Waals surface area contributed by atoms with Gasteiger partial charge in [0.25, 0.3) is 0 Å². The summed E-state index contributed by atoms with van der Waals surface area (Å²) in [5.41, 5.74) is 10.4. The zero-order chi connectivity index (χ0) is 18.4. The molecule has 0 unspecified atom stereocenters. The van der Waals surface area contributed by atoms with Crippen LogP contribution in [-0.2, 0) is 12.8 Å². The van der Waals surface area contributed by atoms with E-state index in [4.69, 9.17) is 0 Å². The summed E-state index contributed by atoms with van der Waals surface area (Å²) in [5.74, 6) is 0. The van der Waals surface area contributed by atoms with Crippen molar-refractivity contribution >= 4 is 17.0 Å². The maximum absolute atomic E-state index is 4.16. The number of fused-ring (bicyclic) bond motifs is 2. The molecule has 4 aromatic rings. The minimum absolute atomic E-state index is 1.16. The van der Waals surface area contributed by atoms with Gasteiger partial charge >= 0.3 is 0 Å². The van der Waals surface area contributed by atoms with Gasteiger partial charge in [-0.05, 0) is 61.9 Å². The lowest BCUT2D eigenvalue weighted by molar-refractivity contribution is 0.675. The van der Waals surface area contributed by atoms with Gasteiger partial charge in [0.2, 0.25) is 0 Å². The molecule has 134 valence electrons. The van der Waals surface area contributed by atoms with E-state index in [-0.39, 0.29) is 0 Å². The molecule has 0 radical (unpaired) electrons. The van der Waals surface area contributed by atoms with Gasteiger partial charge in [0.15, 0.2) is 0 Å². The third-order valence-corrected chi connectivity index (χ3v) is 5.94. The fraction of sp³-hybridized carbons (Fsp3) is 0.200. The molecule has 2 aromatic heterocycles. The first-order valence-electron chi connectivity index (χ1n) is 9.81. The lowest BCUT2D eigenvalue weighted by atomic mass is 9.94. The molecule has 0 atom stereocenters. The van der Waals surface area contributed by atoms with Crippen molar-refractivity contribution in [1.29, 1.82) is 0 Å². The lowest BCUT2D eigenvalue weighted by Gasteiger charge is -2.12. The Balaban J connectivity index is 1.90. The van der Waals surface area contributed by atoms with Crippen LogP contribution < -0.4 is 0 Å². The highest BCUT2D eigenvalue weighted by Gasteiger charge is 2.24. The molecule has 5 rings (SSSR count). The standard InChI is InChI=1S/C25H24N2/c1-3-19-21-14-8-10-16-23(21)27(18-11-5-4-6-12-18)25(19)24-17(2)20-13-7-9-15-22(20)26-24/h3-6,8,10-12,14,16,26H,1,7,9,13,15H2,2H3. The van der Waals surface area contributed by atoms with E-state index in [1.165, 1.54) is 69.6 Å². The number of benzene rings is 2. The van der Waals surface area contributed by atoms with Crippen molar-refractivity contribution in [2.75, 3.05) is 0 Å². The number of aryl methyl sites for hydroxylation is 1. The summed E-state index contributed by atoms with van der Waals surface area (Å²) >= 11 is 0. The number of aromatic nitrogens is 2. The predicted molar refractivity (Wildman–Crippen MR) is 115 cm³/mol. The number of nitrogens with one attached hydrogen (secondary N) is 1. The molecule has 2 nitrogen and oxygen atoms in total. The van der Waals surface area contributed by atoms with Crippen molar-refractivity contribution in [3.8, 4) is 17.1 Å². The van der Waals surface area contributed by atoms with Crippen molar-refractivity contribution < 1.29 is 0 Å². The van der Waals surface area contributed by atoms with E-state index in [2.05, 4.69) is 77.7 Å². The van der Waals surface area contributed by atoms with Gasteiger partial charge in [-0.25, -0.2) is 0 Å². The van der Waals surface area contributed by atoms with Gasteiger partial charge in [-0.3, -0.25) is 0 Å². The Morgan fingerprint density at radius 3 is 2.48 bits per heavy atom. The van der Waals surface area contributed by atoms with Gasteiger partial charge < -0.3 is 9.55 Å². The molecule has 2 heteroatoms. The molecule has 2 aromatic carbocycles. The second-order valence-corrected chi connectivity index (χ2v) is 7.44. The summed E-state index contributed by atoms with van der Waals surface area (Å²) < 4.78 is 2.39. The van der Waals surface area contributed by atoms with Gasteiger partial charge in [0.1, 0.15) is 0 Å². The van der Waals surface area contributed by atoms with Crippen LogP contribution in [-0.4, -0.2) is 9.55 Å². The van der Waals surface area contributed by atoms with Crippen LogP contribution in [0.4, 0.5) is 0 Å². The highest BCUT2D eigenvalue weighted by Crippen LogP contribution is 2.40. The minimum Gasteiger partial charge on any atom is -0.357 e. The largest absolute Gasteiger partial charge is 0.357 e. The normalized spacial score (nSPS) is 13.7. The lowest BCUT2D eigenvalue weighted by Crippen LogP contribution is -2.00. The number of hydrogen-bond acceptors (Lipinski definition) is 0. The topological polar surface area (TPSA) is 20.7 Å². The first-order chi connectivity index (χ1) is 13.3. The maximum Gasteiger partial charge on any atom is 0.0779 e. The highest BCUT2D eigenvalue weighted by molar-refractivity contribution is 5.99. The third-order valence-electron chi connectivity index (χ3n) is 5.94. The first kappa shape index (κ1) is 16.2. The predicted octanol–water partition coefficient (Wildman–Crippen LogP) is 6.46. The van der Waals surface area contributed by atoms with E-state index >= 15 is 0 Å². The van der Waals surface area contributed by atoms with Crippen molar-refractivity contribution in [1.82, 2.24) is 9.55 Å². The first-order valence-corrected chi connectivity index (χ1v) is 9.81. The van der Waals surface area contributed by atoms with E-state index in [9.17, 15) is 0 Å². The van der Waals surface area contributed by atoms with Gasteiger partial charge in [0.05, 0.1) is 16.9 Å². The van der Waals surface area contributed by atoms with E-state index in [0.29, 0.717) is 0 Å². The Morgan fingerprint density at radius 1 is 0.963 bits per heavy atom. The van der Waals surface area contributed by atoms with Crippen LogP contribution in [0.2, 0.25) is 0 Å². The molecule has 1 aliphatic carbocycles. The molecule has 2 heterocycles. The zero-order valence-corrected chi connectivity index (χ0v) is 15.8. The molecule has 1 aliphatic rings. The molecule has 0 fully saturated rings. The quantitative estimate of drug-likeness (QED) is 0.437. The molecule has 1 N–H and O–H groups in total. The molecule has 27 heavy (non-hydrogen) atoms. The van der Waals surface area contributed by atoms with E-state index in [0.717, 1.165) is 6.42 Å². The Labute approximate surface area is 160 Å². The molecular formula is C25H24N2. The number of para-hydroxylation sites is 2. The second kappa shape index (κ2) is 6.31. The average Bonchev–Trinajstić information content (AvgIpc) is 3.23. The van der Waals surface area contributed by atoms with Crippen LogP contribution in [0.5, 0.6) is 0 Å². The van der Waals surface area contributed by atoms with Crippen LogP contribution in [0, 0.1) is 6.92 Å². The van der Waals surface area contributed by atoms with E-state index in [1.807, 2.05) is 6.08 Å². The molecule has 0 bridgehead atoms. The molecular weight excluding hydrogens is 328 g/mol. The van der Waals surface area contributed by atoms with Crippen LogP contribution >= 0.6 is 0 Å². The summed E-state index contributed by atoms with van der Waals surface area (Å²) in [7, 11) is 0. The monoisotopic (exact) mass is 352 g/mol. The minimum atomic E-state index is 1.16. The number of rotatable bonds is 3. The fourth-order valence-electron chi connectivity index (χ4n) is 4.65. The Hall–Kier alpha value is -3.00. The third kappa shape index (κ3) is 2.40. The number of H-pyrrole nitrogens is 1. The molecule has 0 saturated heterocycles. The van der Waals surface area contributed by atoms with Gasteiger partial charge in [-0.1, -0.05) is 49.1 Å². The zero-order valence-electron chi connectivity index (χ0n) is 15.8. The summed E-state index contributed by atoms with van der Waals surface area (Å²) in [6, 6.07) is 19.3. The summed E-state index contributed by atoms with van der Waals surface area (Å²) in [6.45, 7) is 6.43. The van der Waals surface area contributed by atoms with Gasteiger partial charge in [0, 0.05) is 22.3 Å². The smallest absolute Gasteiger partial charge is 0.0779 e. The molecule has 0 aliphatic heterocycles. The summed E-state index contributed by atoms with van der Waals surface area (Å²) in [4.78, 5) is 3.80. The van der Waals surface area contributed by atoms with Crippen LogP contribution in [0.3, 0.4) is 0 Å². The van der Waals surface area contributed by atoms with Gasteiger partial charge in [-0.2, -0.15) is 0 Å². The summed E-state index contributed by atoms with van der Waals surface area (Å²) in [6.07, 6.45) is 6.93. The Morgan fingerprint density at radius 2 is 1.70 bits per heavy atom. The maximum atomic E-state index is 4.16. The van der Waals surface area contributed by atoms with Gasteiger partial charge in [-0.15, -0.1) is 0 Å². The Bertz CT molecular complexity index is 1140. The average molecular weight is 352 g/mol. The summed E-state index contributed by atoms with van der Waals surface area (Å²) in [5, 5.41) is 1.25. The van der Waals surface area contributed by atoms with Crippen molar-refractivity contribution in [2.24, 2.45) is 0 Å². The van der Waals surface area contributed by atoms with Crippen LogP contribution in [0.15, 0.2) is 61.2 Å². The molecule has 0 amide bonds. The molecule has 0 spiro atoms.